The summed E-state index contributed by atoms with van der Waals surface area (Å²) in [5, 5.41) is 13.4. The van der Waals surface area contributed by atoms with Crippen LogP contribution in [-0.4, -0.2) is 28.8 Å². The Morgan fingerprint density at radius 2 is 1.97 bits per heavy atom. The fourth-order valence-electron chi connectivity index (χ4n) is 3.98. The van der Waals surface area contributed by atoms with Crippen molar-refractivity contribution in [2.24, 2.45) is 0 Å². The number of ketones is 1. The van der Waals surface area contributed by atoms with E-state index in [2.05, 4.69) is 15.9 Å². The zero-order valence-corrected chi connectivity index (χ0v) is 19.9. The zero-order chi connectivity index (χ0) is 23.1. The lowest BCUT2D eigenvalue weighted by Crippen LogP contribution is -2.30. The summed E-state index contributed by atoms with van der Waals surface area (Å²) in [6.07, 6.45) is 0. The van der Waals surface area contributed by atoms with Crippen LogP contribution in [0, 0.1) is 0 Å². The molecule has 0 radical (unpaired) electrons. The minimum Gasteiger partial charge on any atom is -0.503 e. The molecule has 1 amide bonds. The molecule has 0 fully saturated rings. The summed E-state index contributed by atoms with van der Waals surface area (Å²) in [5.41, 5.74) is 1.42. The molecule has 0 bridgehead atoms. The van der Waals surface area contributed by atoms with Crippen molar-refractivity contribution in [1.82, 2.24) is 4.90 Å². The zero-order valence-electron chi connectivity index (χ0n) is 17.4. The summed E-state index contributed by atoms with van der Waals surface area (Å²) in [4.78, 5) is 28.9. The number of thiophene rings is 1. The van der Waals surface area contributed by atoms with Crippen molar-refractivity contribution in [3.63, 3.8) is 0 Å². The first-order chi connectivity index (χ1) is 16.0. The van der Waals surface area contributed by atoms with Gasteiger partial charge in [-0.3, -0.25) is 9.59 Å². The molecule has 166 valence electrons. The fourth-order valence-corrected chi connectivity index (χ4v) is 5.20. The lowest BCUT2D eigenvalue weighted by atomic mass is 10.00. The predicted molar refractivity (Wildman–Crippen MR) is 129 cm³/mol. The molecule has 6 nitrogen and oxygen atoms in total. The maximum Gasteiger partial charge on any atom is 0.290 e. The summed E-state index contributed by atoms with van der Waals surface area (Å²) in [5.74, 6) is -0.872. The van der Waals surface area contributed by atoms with Gasteiger partial charge in [0, 0.05) is 21.3 Å². The van der Waals surface area contributed by atoms with Crippen molar-refractivity contribution >= 4 is 49.9 Å². The van der Waals surface area contributed by atoms with Crippen LogP contribution in [0.25, 0.3) is 11.0 Å². The molecule has 1 unspecified atom stereocenters. The van der Waals surface area contributed by atoms with Gasteiger partial charge < -0.3 is 19.2 Å². The van der Waals surface area contributed by atoms with Gasteiger partial charge in [0.2, 0.25) is 5.78 Å². The monoisotopic (exact) mass is 523 g/mol. The number of aliphatic hydroxyl groups excluding tert-OH is 1. The van der Waals surface area contributed by atoms with E-state index in [1.807, 2.05) is 53.9 Å². The van der Waals surface area contributed by atoms with Gasteiger partial charge in [0.15, 0.2) is 11.5 Å². The first kappa shape index (κ1) is 21.5. The van der Waals surface area contributed by atoms with Crippen LogP contribution in [0.4, 0.5) is 0 Å². The molecule has 4 aromatic rings. The van der Waals surface area contributed by atoms with Crippen LogP contribution in [0.3, 0.4) is 0 Å². The number of methoxy groups -OCH3 is 1. The number of ether oxygens (including phenoxy) is 1. The third-order valence-corrected chi connectivity index (χ3v) is 6.99. The number of amides is 1. The van der Waals surface area contributed by atoms with E-state index < -0.39 is 23.5 Å². The minimum absolute atomic E-state index is 0.0223. The first-order valence-corrected chi connectivity index (χ1v) is 11.8. The molecule has 0 saturated heterocycles. The number of Topliss-reactive ketones (excluding diaryl/α,β-unsaturated/α-hetero) is 1. The summed E-state index contributed by atoms with van der Waals surface area (Å²) < 4.78 is 11.8. The smallest absolute Gasteiger partial charge is 0.290 e. The number of hydrogen-bond acceptors (Lipinski definition) is 6. The highest BCUT2D eigenvalue weighted by Gasteiger charge is 2.45. The Labute approximate surface area is 201 Å². The van der Waals surface area contributed by atoms with Crippen molar-refractivity contribution in [3.8, 4) is 5.75 Å². The van der Waals surface area contributed by atoms with Crippen LogP contribution in [0.2, 0.25) is 0 Å². The molecule has 5 rings (SSSR count). The number of nitrogens with zero attached hydrogens (tertiary/aromatic N) is 1. The van der Waals surface area contributed by atoms with Crippen molar-refractivity contribution in [3.05, 3.63) is 98.0 Å². The summed E-state index contributed by atoms with van der Waals surface area (Å²) in [7, 11) is 1.59. The second-order valence-electron chi connectivity index (χ2n) is 7.58. The fraction of sp³-hybridized carbons (Fsp3) is 0.120. The van der Waals surface area contributed by atoms with Gasteiger partial charge in [-0.25, -0.2) is 0 Å². The molecular weight excluding hydrogens is 506 g/mol. The van der Waals surface area contributed by atoms with Crippen LogP contribution in [-0.2, 0) is 11.3 Å². The number of aliphatic hydroxyl groups is 1. The largest absolute Gasteiger partial charge is 0.503 e. The summed E-state index contributed by atoms with van der Waals surface area (Å²) in [6.45, 7) is 0.222. The molecule has 1 aliphatic heterocycles. The molecule has 1 aliphatic rings. The molecule has 1 N–H and O–H groups in total. The average Bonchev–Trinajstić information content (AvgIpc) is 3.54. The van der Waals surface area contributed by atoms with E-state index in [4.69, 9.17) is 9.15 Å². The highest BCUT2D eigenvalue weighted by molar-refractivity contribution is 9.10. The molecule has 3 heterocycles. The van der Waals surface area contributed by atoms with E-state index in [1.54, 1.807) is 19.2 Å². The van der Waals surface area contributed by atoms with Crippen LogP contribution < -0.4 is 4.74 Å². The van der Waals surface area contributed by atoms with Crippen LogP contribution in [0.5, 0.6) is 5.75 Å². The van der Waals surface area contributed by atoms with E-state index in [0.29, 0.717) is 11.3 Å². The number of hydrogen-bond donors (Lipinski definition) is 1. The Kier molecular flexibility index (Phi) is 5.55. The molecule has 33 heavy (non-hydrogen) atoms. The first-order valence-electron chi connectivity index (χ1n) is 10.1. The van der Waals surface area contributed by atoms with Crippen molar-refractivity contribution in [2.75, 3.05) is 7.11 Å². The number of carbonyl (C=O) groups is 2. The maximum absolute atomic E-state index is 13.5. The second kappa shape index (κ2) is 8.53. The lowest BCUT2D eigenvalue weighted by Gasteiger charge is -2.25. The van der Waals surface area contributed by atoms with Crippen molar-refractivity contribution < 1.29 is 23.8 Å². The third kappa shape index (κ3) is 3.85. The van der Waals surface area contributed by atoms with Gasteiger partial charge >= 0.3 is 0 Å². The Morgan fingerprint density at radius 3 is 2.67 bits per heavy atom. The molecule has 0 saturated carbocycles. The maximum atomic E-state index is 13.5. The Hall–Kier alpha value is -3.36. The molecule has 0 spiro atoms. The number of furan rings is 1. The SMILES string of the molecule is COc1ccc(CN2C(=O)C(O)=C(C(=O)c3cc4cc(Br)ccc4o3)C2c2cccs2)cc1. The van der Waals surface area contributed by atoms with Crippen LogP contribution in [0.15, 0.2) is 86.3 Å². The van der Waals surface area contributed by atoms with Gasteiger partial charge in [-0.1, -0.05) is 34.1 Å². The molecule has 2 aromatic heterocycles. The molecule has 2 aromatic carbocycles. The number of benzene rings is 2. The minimum atomic E-state index is -0.716. The number of carbonyl (C=O) groups excluding carboxylic acids is 2. The van der Waals surface area contributed by atoms with Crippen molar-refractivity contribution in [2.45, 2.75) is 12.6 Å². The lowest BCUT2D eigenvalue weighted by molar-refractivity contribution is -0.130. The Balaban J connectivity index is 1.54. The van der Waals surface area contributed by atoms with E-state index in [-0.39, 0.29) is 17.9 Å². The summed E-state index contributed by atoms with van der Waals surface area (Å²) >= 11 is 4.83. The Morgan fingerprint density at radius 1 is 1.18 bits per heavy atom. The number of halogens is 1. The van der Waals surface area contributed by atoms with E-state index in [1.165, 1.54) is 16.2 Å². The predicted octanol–water partition coefficient (Wildman–Crippen LogP) is 6.04. The third-order valence-electron chi connectivity index (χ3n) is 5.58. The molecular formula is C25H18BrNO5S. The Bertz CT molecular complexity index is 1390. The summed E-state index contributed by atoms with van der Waals surface area (Å²) in [6, 6.07) is 17.4. The van der Waals surface area contributed by atoms with E-state index >= 15 is 0 Å². The van der Waals surface area contributed by atoms with E-state index in [9.17, 15) is 14.7 Å². The normalized spacial score (nSPS) is 16.1. The molecule has 8 heteroatoms. The quantitative estimate of drug-likeness (QED) is 0.311. The van der Waals surface area contributed by atoms with E-state index in [0.717, 1.165) is 20.3 Å². The van der Waals surface area contributed by atoms with Gasteiger partial charge in [0.05, 0.1) is 12.7 Å². The standard InChI is InChI=1S/C25H18BrNO5S/c1-31-17-7-4-14(5-8-17)13-27-22(20-3-2-10-33-20)21(24(29)25(27)30)23(28)19-12-15-11-16(26)6-9-18(15)32-19/h2-12,22,29H,13H2,1H3. The van der Waals surface area contributed by atoms with Gasteiger partial charge in [-0.2, -0.15) is 0 Å². The number of fused-ring (bicyclic) bond motifs is 1. The van der Waals surface area contributed by atoms with Gasteiger partial charge in [0.1, 0.15) is 17.4 Å². The van der Waals surface area contributed by atoms with Gasteiger partial charge in [-0.15, -0.1) is 11.3 Å². The highest BCUT2D eigenvalue weighted by Crippen LogP contribution is 2.42. The molecule has 0 aliphatic carbocycles. The topological polar surface area (TPSA) is 80.0 Å². The second-order valence-corrected chi connectivity index (χ2v) is 9.48. The van der Waals surface area contributed by atoms with Crippen LogP contribution in [0.1, 0.15) is 27.0 Å². The highest BCUT2D eigenvalue weighted by atomic mass is 79.9. The average molecular weight is 524 g/mol. The number of rotatable bonds is 6. The van der Waals surface area contributed by atoms with Crippen LogP contribution >= 0.6 is 27.3 Å². The molecule has 1 atom stereocenters. The van der Waals surface area contributed by atoms with Crippen molar-refractivity contribution in [1.29, 1.82) is 0 Å². The van der Waals surface area contributed by atoms with Gasteiger partial charge in [-0.05, 0) is 53.4 Å². The van der Waals surface area contributed by atoms with Gasteiger partial charge in [0.25, 0.3) is 5.91 Å².